The molecule has 36 heavy (non-hydrogen) atoms. The van der Waals surface area contributed by atoms with E-state index in [4.69, 9.17) is 11.7 Å². The van der Waals surface area contributed by atoms with E-state index < -0.39 is 17.7 Å². The number of nitrogens with one attached hydrogen (secondary N) is 2. The maximum absolute atomic E-state index is 14.2. The number of anilines is 1. The van der Waals surface area contributed by atoms with Gasteiger partial charge in [0.2, 0.25) is 0 Å². The molecule has 0 spiro atoms. The molecular formula is C27H29FN6O2. The van der Waals surface area contributed by atoms with Crippen molar-refractivity contribution in [2.75, 3.05) is 11.9 Å². The van der Waals surface area contributed by atoms with E-state index in [9.17, 15) is 14.3 Å². The van der Waals surface area contributed by atoms with Gasteiger partial charge in [-0.1, -0.05) is 0 Å². The van der Waals surface area contributed by atoms with Crippen LogP contribution in [0.3, 0.4) is 0 Å². The van der Waals surface area contributed by atoms with Crippen LogP contribution in [-0.4, -0.2) is 50.0 Å². The summed E-state index contributed by atoms with van der Waals surface area (Å²) in [5, 5.41) is 29.4. The van der Waals surface area contributed by atoms with Gasteiger partial charge in [-0.15, -0.1) is 12.3 Å². The van der Waals surface area contributed by atoms with Crippen LogP contribution in [0.15, 0.2) is 36.7 Å². The van der Waals surface area contributed by atoms with Crippen LogP contribution in [-0.2, 0) is 0 Å². The van der Waals surface area contributed by atoms with E-state index in [1.54, 1.807) is 16.6 Å². The van der Waals surface area contributed by atoms with Gasteiger partial charge in [0.15, 0.2) is 0 Å². The van der Waals surface area contributed by atoms with Gasteiger partial charge >= 0.3 is 0 Å². The van der Waals surface area contributed by atoms with Crippen LogP contribution in [0.25, 0.3) is 16.9 Å². The molecule has 1 aliphatic rings. The topological polar surface area (TPSA) is 115 Å². The fraction of sp³-hybridized carbons (Fsp3) is 0.407. The number of nitriles is 1. The predicted molar refractivity (Wildman–Crippen MR) is 135 cm³/mol. The fourth-order valence-electron chi connectivity index (χ4n) is 4.30. The average Bonchev–Trinajstić information content (AvgIpc) is 3.30. The number of aliphatic hydroxyl groups is 1. The quantitative estimate of drug-likeness (QED) is 0.437. The molecule has 8 nitrogen and oxygen atoms in total. The Kier molecular flexibility index (Phi) is 7.23. The Balaban J connectivity index is 1.64. The lowest BCUT2D eigenvalue weighted by Crippen LogP contribution is -2.42. The summed E-state index contributed by atoms with van der Waals surface area (Å²) >= 11 is 0. The lowest BCUT2D eigenvalue weighted by molar-refractivity contribution is -0.00177. The molecule has 1 fully saturated rings. The smallest absolute Gasteiger partial charge is 0.255 e. The van der Waals surface area contributed by atoms with Crippen LogP contribution in [0.4, 0.5) is 10.1 Å². The summed E-state index contributed by atoms with van der Waals surface area (Å²) in [6.45, 7) is 2.38. The molecular weight excluding hydrogens is 459 g/mol. The standard InChI is InChI=1S/C27H29FN6O2/c1-4-17-5-7-19(8-6-17)33-22-12-23(24-10-9-20-11-18(13-29)14-32-34(20)24)30-15-21(22)26(35)31-16-25(28)27(2,3)36/h1,9-12,14-15,17,19,25,36H,5-8,16H2,2-3H3,(H,30,33)(H,31,35)/t17-,19-,25-/m1/s1. The number of carbonyl (C=O) groups excluding carboxylic acids is 1. The molecule has 0 aliphatic heterocycles. The molecule has 4 rings (SSSR count). The van der Waals surface area contributed by atoms with Crippen molar-refractivity contribution in [3.05, 3.63) is 47.8 Å². The van der Waals surface area contributed by atoms with E-state index in [2.05, 4.69) is 32.7 Å². The molecule has 186 valence electrons. The molecule has 3 aromatic heterocycles. The zero-order valence-electron chi connectivity index (χ0n) is 20.3. The van der Waals surface area contributed by atoms with E-state index >= 15 is 0 Å². The number of terminal acetylenes is 1. The minimum Gasteiger partial charge on any atom is -0.387 e. The molecule has 1 amide bonds. The molecule has 0 radical (unpaired) electrons. The SMILES string of the molecule is C#C[C@H]1CC[C@H](Nc2cc(-c3ccc4cc(C#N)cnn34)ncc2C(=O)NC[C@@H](F)C(C)(C)O)CC1. The second-order valence-corrected chi connectivity index (χ2v) is 9.72. The molecule has 9 heteroatoms. The van der Waals surface area contributed by atoms with Gasteiger partial charge in [-0.3, -0.25) is 9.78 Å². The number of fused-ring (bicyclic) bond motifs is 1. The second kappa shape index (κ2) is 10.3. The van der Waals surface area contributed by atoms with Gasteiger partial charge in [0.05, 0.1) is 52.1 Å². The number of rotatable bonds is 7. The summed E-state index contributed by atoms with van der Waals surface area (Å²) in [7, 11) is 0. The van der Waals surface area contributed by atoms with Gasteiger partial charge in [-0.05, 0) is 63.8 Å². The van der Waals surface area contributed by atoms with Gasteiger partial charge in [-0.25, -0.2) is 8.91 Å². The highest BCUT2D eigenvalue weighted by molar-refractivity contribution is 6.00. The number of pyridine rings is 1. The van der Waals surface area contributed by atoms with Gasteiger partial charge in [-0.2, -0.15) is 10.4 Å². The molecule has 3 aromatic rings. The number of hydrogen-bond donors (Lipinski definition) is 3. The van der Waals surface area contributed by atoms with Crippen molar-refractivity contribution < 1.29 is 14.3 Å². The van der Waals surface area contributed by atoms with E-state index in [-0.39, 0.29) is 24.1 Å². The molecule has 1 atom stereocenters. The molecule has 0 aromatic carbocycles. The zero-order valence-corrected chi connectivity index (χ0v) is 20.3. The maximum Gasteiger partial charge on any atom is 0.255 e. The van der Waals surface area contributed by atoms with Gasteiger partial charge in [0, 0.05) is 18.2 Å². The lowest BCUT2D eigenvalue weighted by atomic mass is 9.86. The number of hydrogen-bond acceptors (Lipinski definition) is 6. The predicted octanol–water partition coefficient (Wildman–Crippen LogP) is 3.71. The molecule has 0 saturated heterocycles. The Morgan fingerprint density at radius 2 is 2.06 bits per heavy atom. The summed E-state index contributed by atoms with van der Waals surface area (Å²) in [5.41, 5.74) is 1.77. The van der Waals surface area contributed by atoms with Crippen LogP contribution < -0.4 is 10.6 Å². The van der Waals surface area contributed by atoms with Crippen molar-refractivity contribution in [3.8, 4) is 29.8 Å². The maximum atomic E-state index is 14.2. The van der Waals surface area contributed by atoms with Crippen LogP contribution >= 0.6 is 0 Å². The monoisotopic (exact) mass is 488 g/mol. The van der Waals surface area contributed by atoms with Crippen LogP contribution in [0.5, 0.6) is 0 Å². The van der Waals surface area contributed by atoms with Gasteiger partial charge < -0.3 is 15.7 Å². The normalized spacial score (nSPS) is 18.7. The minimum absolute atomic E-state index is 0.127. The second-order valence-electron chi connectivity index (χ2n) is 9.72. The third-order valence-corrected chi connectivity index (χ3v) is 6.57. The fourth-order valence-corrected chi connectivity index (χ4v) is 4.30. The van der Waals surface area contributed by atoms with Gasteiger partial charge in [0.1, 0.15) is 12.2 Å². The summed E-state index contributed by atoms with van der Waals surface area (Å²) < 4.78 is 15.9. The molecule has 1 saturated carbocycles. The summed E-state index contributed by atoms with van der Waals surface area (Å²) in [6.07, 6.45) is 10.4. The third-order valence-electron chi connectivity index (χ3n) is 6.57. The van der Waals surface area contributed by atoms with Crippen LogP contribution in [0, 0.1) is 29.6 Å². The van der Waals surface area contributed by atoms with Gasteiger partial charge in [0.25, 0.3) is 5.91 Å². The summed E-state index contributed by atoms with van der Waals surface area (Å²) in [5.74, 6) is 2.60. The first-order chi connectivity index (χ1) is 17.2. The van der Waals surface area contributed by atoms with Crippen molar-refractivity contribution in [1.82, 2.24) is 19.9 Å². The number of aromatic nitrogens is 3. The van der Waals surface area contributed by atoms with Crippen molar-refractivity contribution in [1.29, 1.82) is 5.26 Å². The first-order valence-corrected chi connectivity index (χ1v) is 11.9. The molecule has 0 unspecified atom stereocenters. The Morgan fingerprint density at radius 1 is 1.31 bits per heavy atom. The van der Waals surface area contributed by atoms with Crippen molar-refractivity contribution >= 4 is 17.1 Å². The molecule has 3 N–H and O–H groups in total. The molecule has 1 aliphatic carbocycles. The minimum atomic E-state index is -1.62. The van der Waals surface area contributed by atoms with E-state index in [0.717, 1.165) is 31.2 Å². The largest absolute Gasteiger partial charge is 0.387 e. The van der Waals surface area contributed by atoms with E-state index in [0.29, 0.717) is 22.6 Å². The Hall–Kier alpha value is -3.95. The van der Waals surface area contributed by atoms with E-state index in [1.165, 1.54) is 26.2 Å². The van der Waals surface area contributed by atoms with Crippen molar-refractivity contribution in [3.63, 3.8) is 0 Å². The number of amides is 1. The van der Waals surface area contributed by atoms with Crippen molar-refractivity contribution in [2.45, 2.75) is 57.3 Å². The number of nitrogens with zero attached hydrogens (tertiary/aromatic N) is 4. The number of carbonyl (C=O) groups is 1. The zero-order chi connectivity index (χ0) is 25.9. The highest BCUT2D eigenvalue weighted by atomic mass is 19.1. The van der Waals surface area contributed by atoms with Crippen LogP contribution in [0.1, 0.15) is 55.5 Å². The first kappa shape index (κ1) is 25.2. The molecule has 0 bridgehead atoms. The van der Waals surface area contributed by atoms with Crippen LogP contribution in [0.2, 0.25) is 0 Å². The highest BCUT2D eigenvalue weighted by Gasteiger charge is 2.28. The number of halogens is 1. The Labute approximate surface area is 209 Å². The average molecular weight is 489 g/mol. The van der Waals surface area contributed by atoms with Crippen molar-refractivity contribution in [2.24, 2.45) is 5.92 Å². The summed E-state index contributed by atoms with van der Waals surface area (Å²) in [4.78, 5) is 17.5. The first-order valence-electron chi connectivity index (χ1n) is 11.9. The third kappa shape index (κ3) is 5.48. The Morgan fingerprint density at radius 3 is 2.72 bits per heavy atom. The lowest BCUT2D eigenvalue weighted by Gasteiger charge is -2.28. The molecule has 3 heterocycles. The number of alkyl halides is 1. The summed E-state index contributed by atoms with van der Waals surface area (Å²) in [6, 6.07) is 9.42. The van der Waals surface area contributed by atoms with E-state index in [1.807, 2.05) is 12.1 Å². The Bertz CT molecular complexity index is 1340. The highest BCUT2D eigenvalue weighted by Crippen LogP contribution is 2.30.